The molecular weight excluding hydrogens is 417 g/mol. The summed E-state index contributed by atoms with van der Waals surface area (Å²) in [5, 5.41) is 10.4. The van der Waals surface area contributed by atoms with E-state index < -0.39 is 17.6 Å². The average Bonchev–Trinajstić information content (AvgIpc) is 2.96. The van der Waals surface area contributed by atoms with Crippen molar-refractivity contribution < 1.29 is 18.0 Å². The van der Waals surface area contributed by atoms with Crippen LogP contribution >= 0.6 is 23.4 Å². The van der Waals surface area contributed by atoms with E-state index in [0.717, 1.165) is 12.1 Å². The Balaban J connectivity index is 2.12. The van der Waals surface area contributed by atoms with E-state index in [1.54, 1.807) is 13.3 Å². The van der Waals surface area contributed by atoms with Crippen molar-refractivity contribution in [1.29, 1.82) is 0 Å². The molecule has 0 fully saturated rings. The summed E-state index contributed by atoms with van der Waals surface area (Å²) >= 11 is 6.79. The highest BCUT2D eigenvalue weighted by Crippen LogP contribution is 2.34. The summed E-state index contributed by atoms with van der Waals surface area (Å²) in [6.07, 6.45) is -2.71. The first-order chi connectivity index (χ1) is 13.2. The van der Waals surface area contributed by atoms with Crippen LogP contribution in [0, 0.1) is 0 Å². The van der Waals surface area contributed by atoms with Crippen LogP contribution in [0.3, 0.4) is 0 Å². The molecular formula is C16H14ClF3N6OS. The fraction of sp³-hybridized carbons (Fsp3) is 0.250. The lowest BCUT2D eigenvalue weighted by atomic mass is 10.2. The van der Waals surface area contributed by atoms with Crippen molar-refractivity contribution in [3.8, 4) is 0 Å². The maximum absolute atomic E-state index is 13.0. The number of carbonyl (C=O) groups is 1. The Bertz CT molecular complexity index is 1040. The van der Waals surface area contributed by atoms with Crippen molar-refractivity contribution in [2.75, 3.05) is 22.8 Å². The van der Waals surface area contributed by atoms with Gasteiger partial charge in [0.25, 0.3) is 0 Å². The van der Waals surface area contributed by atoms with Gasteiger partial charge in [0.15, 0.2) is 16.6 Å². The molecule has 0 aliphatic carbocycles. The van der Waals surface area contributed by atoms with E-state index >= 15 is 0 Å². The van der Waals surface area contributed by atoms with E-state index in [4.69, 9.17) is 11.6 Å². The molecule has 0 spiro atoms. The third kappa shape index (κ3) is 4.14. The number of nitrogens with zero attached hydrogens (tertiary/aromatic N) is 4. The first kappa shape index (κ1) is 20.2. The molecule has 28 heavy (non-hydrogen) atoms. The van der Waals surface area contributed by atoms with E-state index in [-0.39, 0.29) is 23.2 Å². The molecule has 7 nitrogen and oxygen atoms in total. The highest BCUT2D eigenvalue weighted by Gasteiger charge is 2.30. The second-order valence-electron chi connectivity index (χ2n) is 5.62. The normalized spacial score (nSPS) is 11.6. The molecule has 0 aliphatic rings. The first-order valence-electron chi connectivity index (χ1n) is 7.81. The van der Waals surface area contributed by atoms with Crippen LogP contribution in [0.4, 0.5) is 30.5 Å². The molecule has 12 heteroatoms. The summed E-state index contributed by atoms with van der Waals surface area (Å²) in [5.41, 5.74) is -0.214. The van der Waals surface area contributed by atoms with E-state index in [9.17, 15) is 18.0 Å². The van der Waals surface area contributed by atoms with Crippen LogP contribution in [-0.4, -0.2) is 37.8 Å². The lowest BCUT2D eigenvalue weighted by Crippen LogP contribution is -2.13. The SMILES string of the molecule is CSc1nc(Nc2cccc(C(F)(F)F)c2)c2c(NC(=O)CCl)nn(C)c2n1. The fourth-order valence-electron chi connectivity index (χ4n) is 2.47. The third-order valence-electron chi connectivity index (χ3n) is 3.68. The molecule has 1 aromatic carbocycles. The molecule has 0 bridgehead atoms. The van der Waals surface area contributed by atoms with Gasteiger partial charge in [0.1, 0.15) is 17.1 Å². The number of anilines is 3. The minimum absolute atomic E-state index is 0.158. The number of halogens is 4. The lowest BCUT2D eigenvalue weighted by Gasteiger charge is -2.12. The Labute approximate surface area is 166 Å². The number of aryl methyl sites for hydroxylation is 1. The highest BCUT2D eigenvalue weighted by atomic mass is 35.5. The second-order valence-corrected chi connectivity index (χ2v) is 6.66. The van der Waals surface area contributed by atoms with Gasteiger partial charge >= 0.3 is 6.18 Å². The van der Waals surface area contributed by atoms with Gasteiger partial charge < -0.3 is 10.6 Å². The Hall–Kier alpha value is -2.53. The largest absolute Gasteiger partial charge is 0.416 e. The standard InChI is InChI=1S/C16H14ClF3N6OS/c1-26-14-11(13(25-26)22-10(27)7-17)12(23-15(24-14)28-2)21-9-5-3-4-8(6-9)16(18,19)20/h3-6H,7H2,1-2H3,(H,21,23,24)(H,22,25,27). The Morgan fingerprint density at radius 1 is 1.29 bits per heavy atom. The zero-order valence-corrected chi connectivity index (χ0v) is 16.2. The van der Waals surface area contributed by atoms with Crippen molar-refractivity contribution in [2.24, 2.45) is 7.05 Å². The van der Waals surface area contributed by atoms with Crippen molar-refractivity contribution in [3.63, 3.8) is 0 Å². The molecule has 2 aromatic heterocycles. The minimum Gasteiger partial charge on any atom is -0.339 e. The number of rotatable bonds is 5. The summed E-state index contributed by atoms with van der Waals surface area (Å²) in [6, 6.07) is 4.72. The van der Waals surface area contributed by atoms with E-state index in [2.05, 4.69) is 25.7 Å². The topological polar surface area (TPSA) is 84.7 Å². The number of benzene rings is 1. The molecule has 3 rings (SSSR count). The monoisotopic (exact) mass is 430 g/mol. The number of aromatic nitrogens is 4. The van der Waals surface area contributed by atoms with Crippen LogP contribution in [-0.2, 0) is 18.0 Å². The molecule has 0 atom stereocenters. The van der Waals surface area contributed by atoms with Gasteiger partial charge in [0.2, 0.25) is 5.91 Å². The number of hydrogen-bond donors (Lipinski definition) is 2. The molecule has 0 radical (unpaired) electrons. The molecule has 1 amide bonds. The van der Waals surface area contributed by atoms with Gasteiger partial charge in [0, 0.05) is 12.7 Å². The summed E-state index contributed by atoms with van der Waals surface area (Å²) in [7, 11) is 1.63. The number of alkyl halides is 4. The number of carbonyl (C=O) groups excluding carboxylic acids is 1. The van der Waals surface area contributed by atoms with Crippen LogP contribution in [0.2, 0.25) is 0 Å². The predicted octanol–water partition coefficient (Wildman–Crippen LogP) is 4.02. The van der Waals surface area contributed by atoms with Gasteiger partial charge in [0.05, 0.1) is 5.56 Å². The number of nitrogens with one attached hydrogen (secondary N) is 2. The van der Waals surface area contributed by atoms with Crippen LogP contribution in [0.25, 0.3) is 11.0 Å². The molecule has 0 unspecified atom stereocenters. The molecule has 3 aromatic rings. The summed E-state index contributed by atoms with van der Waals surface area (Å²) in [6.45, 7) is 0. The van der Waals surface area contributed by atoms with Crippen LogP contribution < -0.4 is 10.6 Å². The van der Waals surface area contributed by atoms with Gasteiger partial charge in [-0.25, -0.2) is 14.6 Å². The smallest absolute Gasteiger partial charge is 0.339 e. The first-order valence-corrected chi connectivity index (χ1v) is 9.57. The molecule has 2 heterocycles. The molecule has 2 N–H and O–H groups in total. The van der Waals surface area contributed by atoms with Crippen molar-refractivity contribution in [2.45, 2.75) is 11.3 Å². The predicted molar refractivity (Wildman–Crippen MR) is 102 cm³/mol. The molecule has 0 aliphatic heterocycles. The van der Waals surface area contributed by atoms with Crippen LogP contribution in [0.5, 0.6) is 0 Å². The minimum atomic E-state index is -4.48. The molecule has 0 saturated heterocycles. The fourth-order valence-corrected chi connectivity index (χ4v) is 2.90. The Morgan fingerprint density at radius 3 is 2.68 bits per heavy atom. The van der Waals surface area contributed by atoms with Crippen molar-refractivity contribution >= 4 is 57.6 Å². The highest BCUT2D eigenvalue weighted by molar-refractivity contribution is 7.98. The lowest BCUT2D eigenvalue weighted by molar-refractivity contribution is -0.137. The van der Waals surface area contributed by atoms with Crippen LogP contribution in [0.1, 0.15) is 5.56 Å². The average molecular weight is 431 g/mol. The Kier molecular flexibility index (Phi) is 5.66. The van der Waals surface area contributed by atoms with Gasteiger partial charge in [-0.15, -0.1) is 11.6 Å². The van der Waals surface area contributed by atoms with Crippen molar-refractivity contribution in [3.05, 3.63) is 29.8 Å². The number of fused-ring (bicyclic) bond motifs is 1. The molecule has 148 valence electrons. The van der Waals surface area contributed by atoms with Gasteiger partial charge in [-0.3, -0.25) is 4.79 Å². The van der Waals surface area contributed by atoms with Gasteiger partial charge in [-0.05, 0) is 24.5 Å². The van der Waals surface area contributed by atoms with E-state index in [1.165, 1.54) is 28.6 Å². The maximum atomic E-state index is 13.0. The summed E-state index contributed by atoms with van der Waals surface area (Å²) in [5.74, 6) is -0.393. The maximum Gasteiger partial charge on any atom is 0.416 e. The van der Waals surface area contributed by atoms with Gasteiger partial charge in [-0.1, -0.05) is 17.8 Å². The number of amides is 1. The van der Waals surface area contributed by atoms with Gasteiger partial charge in [-0.2, -0.15) is 18.3 Å². The molecule has 0 saturated carbocycles. The quantitative estimate of drug-likeness (QED) is 0.361. The van der Waals surface area contributed by atoms with Crippen molar-refractivity contribution in [1.82, 2.24) is 19.7 Å². The summed E-state index contributed by atoms with van der Waals surface area (Å²) in [4.78, 5) is 20.4. The van der Waals surface area contributed by atoms with Crippen LogP contribution in [0.15, 0.2) is 29.4 Å². The second kappa shape index (κ2) is 7.84. The number of hydrogen-bond acceptors (Lipinski definition) is 6. The zero-order chi connectivity index (χ0) is 20.5. The summed E-state index contributed by atoms with van der Waals surface area (Å²) < 4.78 is 40.4. The Morgan fingerprint density at radius 2 is 2.04 bits per heavy atom. The van der Waals surface area contributed by atoms with E-state index in [0.29, 0.717) is 16.2 Å². The third-order valence-corrected chi connectivity index (χ3v) is 4.47. The van der Waals surface area contributed by atoms with E-state index in [1.807, 2.05) is 0 Å². The number of thioether (sulfide) groups is 1. The zero-order valence-electron chi connectivity index (χ0n) is 14.6.